The molecule has 0 aliphatic heterocycles. The molecule has 0 fully saturated rings. The molecule has 0 N–H and O–H groups in total. The zero-order valence-corrected chi connectivity index (χ0v) is 13.8. The lowest BCUT2D eigenvalue weighted by atomic mass is 10.1. The quantitative estimate of drug-likeness (QED) is 0.666. The number of aryl methyl sites for hydroxylation is 1. The zero-order valence-electron chi connectivity index (χ0n) is 13.0. The molecule has 0 aliphatic rings. The minimum Gasteiger partial charge on any atom is -0.457 e. The van der Waals surface area contributed by atoms with Crippen LogP contribution in [0.15, 0.2) is 54.6 Å². The second-order valence-electron chi connectivity index (χ2n) is 5.19. The number of carbonyl (C=O) groups excluding carboxylic acids is 1. The average Bonchev–Trinajstić information content (AvgIpc) is 3.02. The van der Waals surface area contributed by atoms with E-state index in [-0.39, 0.29) is 6.61 Å². The maximum Gasteiger partial charge on any atom is 0.350 e. The Morgan fingerprint density at radius 1 is 1.21 bits per heavy atom. The van der Waals surface area contributed by atoms with Crippen LogP contribution in [0.3, 0.4) is 0 Å². The summed E-state index contributed by atoms with van der Waals surface area (Å²) in [5.74, 6) is -0.394. The molecule has 2 aromatic carbocycles. The van der Waals surface area contributed by atoms with Gasteiger partial charge in [0, 0.05) is 5.56 Å². The first-order valence-electron chi connectivity index (χ1n) is 7.36. The van der Waals surface area contributed by atoms with Crippen molar-refractivity contribution in [3.05, 3.63) is 76.3 Å². The first-order valence-corrected chi connectivity index (χ1v) is 8.18. The molecule has 0 spiro atoms. The maximum absolute atomic E-state index is 12.3. The van der Waals surface area contributed by atoms with Crippen molar-refractivity contribution in [1.82, 2.24) is 4.98 Å². The Morgan fingerprint density at radius 3 is 2.75 bits per heavy atom. The molecule has 1 heterocycles. The largest absolute Gasteiger partial charge is 0.457 e. The van der Waals surface area contributed by atoms with E-state index in [1.54, 1.807) is 25.1 Å². The summed E-state index contributed by atoms with van der Waals surface area (Å²) in [6.07, 6.45) is 0. The second-order valence-corrected chi connectivity index (χ2v) is 6.19. The predicted molar refractivity (Wildman–Crippen MR) is 92.6 cm³/mol. The van der Waals surface area contributed by atoms with E-state index in [0.717, 1.165) is 16.1 Å². The number of esters is 1. The summed E-state index contributed by atoms with van der Waals surface area (Å²) in [7, 11) is 0. The van der Waals surface area contributed by atoms with E-state index in [0.29, 0.717) is 16.1 Å². The van der Waals surface area contributed by atoms with Crippen molar-refractivity contribution >= 4 is 17.3 Å². The maximum atomic E-state index is 12.3. The normalized spacial score (nSPS) is 10.2. The Morgan fingerprint density at radius 2 is 2.00 bits per heavy atom. The number of aromatic nitrogens is 1. The third kappa shape index (κ3) is 3.50. The van der Waals surface area contributed by atoms with Crippen molar-refractivity contribution in [2.45, 2.75) is 13.5 Å². The van der Waals surface area contributed by atoms with E-state index in [1.165, 1.54) is 11.3 Å². The summed E-state index contributed by atoms with van der Waals surface area (Å²) < 4.78 is 5.37. The number of thiazole rings is 1. The second kappa shape index (κ2) is 7.07. The Labute approximate surface area is 144 Å². The van der Waals surface area contributed by atoms with Gasteiger partial charge < -0.3 is 4.74 Å². The lowest BCUT2D eigenvalue weighted by Gasteiger charge is -2.04. The van der Waals surface area contributed by atoms with E-state index < -0.39 is 5.97 Å². The molecule has 0 aliphatic carbocycles. The molecule has 0 unspecified atom stereocenters. The Balaban J connectivity index is 1.74. The van der Waals surface area contributed by atoms with E-state index in [9.17, 15) is 4.79 Å². The number of benzene rings is 2. The predicted octanol–water partition coefficient (Wildman–Crippen LogP) is 4.35. The Hall–Kier alpha value is -2.97. The van der Waals surface area contributed by atoms with Gasteiger partial charge in [-0.25, -0.2) is 9.78 Å². The lowest BCUT2D eigenvalue weighted by Crippen LogP contribution is -2.05. The van der Waals surface area contributed by atoms with Gasteiger partial charge in [0.2, 0.25) is 0 Å². The van der Waals surface area contributed by atoms with Gasteiger partial charge in [-0.05, 0) is 24.6 Å². The van der Waals surface area contributed by atoms with Crippen LogP contribution in [0.25, 0.3) is 10.6 Å². The minimum absolute atomic E-state index is 0.131. The molecular formula is C19H14N2O2S. The Kier molecular flexibility index (Phi) is 4.69. The molecule has 0 radical (unpaired) electrons. The number of nitriles is 1. The van der Waals surface area contributed by atoms with Crippen LogP contribution in [0, 0.1) is 18.3 Å². The van der Waals surface area contributed by atoms with E-state index >= 15 is 0 Å². The number of nitrogens with zero attached hydrogens (tertiary/aromatic N) is 2. The number of hydrogen-bond donors (Lipinski definition) is 0. The van der Waals surface area contributed by atoms with Crippen molar-refractivity contribution in [2.24, 2.45) is 0 Å². The van der Waals surface area contributed by atoms with Gasteiger partial charge in [0.05, 0.1) is 17.3 Å². The summed E-state index contributed by atoms with van der Waals surface area (Å²) in [4.78, 5) is 17.3. The number of ether oxygens (including phenoxy) is 1. The molecule has 0 saturated heterocycles. The minimum atomic E-state index is -0.394. The van der Waals surface area contributed by atoms with Crippen LogP contribution in [0.2, 0.25) is 0 Å². The van der Waals surface area contributed by atoms with Gasteiger partial charge in [-0.1, -0.05) is 42.5 Å². The van der Waals surface area contributed by atoms with Crippen LogP contribution in [0.1, 0.15) is 26.5 Å². The standard InChI is InChI=1S/C19H14N2O2S/c1-13-17(24-18(21-13)16-8-3-2-4-9-16)19(22)23-12-15-7-5-6-14(10-15)11-20/h2-10H,12H2,1H3. The van der Waals surface area contributed by atoms with Gasteiger partial charge in [0.15, 0.2) is 0 Å². The van der Waals surface area contributed by atoms with E-state index in [2.05, 4.69) is 11.1 Å². The molecule has 0 atom stereocenters. The molecule has 3 rings (SSSR count). The van der Waals surface area contributed by atoms with Crippen LogP contribution < -0.4 is 0 Å². The Bertz CT molecular complexity index is 911. The fraction of sp³-hybridized carbons (Fsp3) is 0.105. The highest BCUT2D eigenvalue weighted by molar-refractivity contribution is 7.17. The van der Waals surface area contributed by atoms with E-state index in [1.807, 2.05) is 36.4 Å². The molecule has 0 bridgehead atoms. The topological polar surface area (TPSA) is 63.0 Å². The van der Waals surface area contributed by atoms with Crippen LogP contribution in [-0.2, 0) is 11.3 Å². The highest BCUT2D eigenvalue weighted by atomic mass is 32.1. The highest BCUT2D eigenvalue weighted by Gasteiger charge is 2.17. The van der Waals surface area contributed by atoms with Gasteiger partial charge in [-0.3, -0.25) is 0 Å². The van der Waals surface area contributed by atoms with Gasteiger partial charge in [-0.2, -0.15) is 5.26 Å². The van der Waals surface area contributed by atoms with Gasteiger partial charge in [0.1, 0.15) is 16.5 Å². The summed E-state index contributed by atoms with van der Waals surface area (Å²) in [5, 5.41) is 9.70. The first kappa shape index (κ1) is 15.9. The van der Waals surface area contributed by atoms with E-state index in [4.69, 9.17) is 10.00 Å². The third-order valence-electron chi connectivity index (χ3n) is 3.43. The molecule has 1 aromatic heterocycles. The molecular weight excluding hydrogens is 320 g/mol. The van der Waals surface area contributed by atoms with Crippen molar-refractivity contribution in [2.75, 3.05) is 0 Å². The summed E-state index contributed by atoms with van der Waals surface area (Å²) in [6, 6.07) is 18.8. The smallest absolute Gasteiger partial charge is 0.350 e. The SMILES string of the molecule is Cc1nc(-c2ccccc2)sc1C(=O)OCc1cccc(C#N)c1. The summed E-state index contributed by atoms with van der Waals surface area (Å²) in [6.45, 7) is 1.93. The molecule has 118 valence electrons. The summed E-state index contributed by atoms with van der Waals surface area (Å²) in [5.41, 5.74) is 2.97. The molecule has 4 nitrogen and oxygen atoms in total. The highest BCUT2D eigenvalue weighted by Crippen LogP contribution is 2.28. The monoisotopic (exact) mass is 334 g/mol. The van der Waals surface area contributed by atoms with Crippen LogP contribution >= 0.6 is 11.3 Å². The fourth-order valence-electron chi connectivity index (χ4n) is 2.24. The first-order chi connectivity index (χ1) is 11.7. The van der Waals surface area contributed by atoms with Gasteiger partial charge >= 0.3 is 5.97 Å². The van der Waals surface area contributed by atoms with Gasteiger partial charge in [-0.15, -0.1) is 11.3 Å². The van der Waals surface area contributed by atoms with Crippen molar-refractivity contribution in [1.29, 1.82) is 5.26 Å². The number of hydrogen-bond acceptors (Lipinski definition) is 5. The lowest BCUT2D eigenvalue weighted by molar-refractivity contribution is 0.0477. The van der Waals surface area contributed by atoms with Crippen molar-refractivity contribution < 1.29 is 9.53 Å². The fourth-order valence-corrected chi connectivity index (χ4v) is 3.20. The third-order valence-corrected chi connectivity index (χ3v) is 4.62. The molecule has 3 aromatic rings. The van der Waals surface area contributed by atoms with Crippen molar-refractivity contribution in [3.63, 3.8) is 0 Å². The number of rotatable bonds is 4. The molecule has 0 amide bonds. The van der Waals surface area contributed by atoms with Gasteiger partial charge in [0.25, 0.3) is 0 Å². The molecule has 0 saturated carbocycles. The summed E-state index contributed by atoms with van der Waals surface area (Å²) >= 11 is 1.33. The zero-order chi connectivity index (χ0) is 16.9. The van der Waals surface area contributed by atoms with Crippen LogP contribution in [-0.4, -0.2) is 11.0 Å². The average molecular weight is 334 g/mol. The number of carbonyl (C=O) groups is 1. The molecule has 24 heavy (non-hydrogen) atoms. The van der Waals surface area contributed by atoms with Crippen LogP contribution in [0.4, 0.5) is 0 Å². The van der Waals surface area contributed by atoms with Crippen LogP contribution in [0.5, 0.6) is 0 Å². The molecule has 5 heteroatoms. The van der Waals surface area contributed by atoms with Crippen molar-refractivity contribution in [3.8, 4) is 16.6 Å².